The molecule has 6 heteroatoms. The van der Waals surface area contributed by atoms with Crippen LogP contribution in [-0.2, 0) is 16.0 Å². The number of anilines is 2. The van der Waals surface area contributed by atoms with Crippen molar-refractivity contribution in [1.82, 2.24) is 4.98 Å². The minimum Gasteiger partial charge on any atom is -0.312 e. The number of hydrogen-bond donors (Lipinski definition) is 1. The van der Waals surface area contributed by atoms with E-state index in [2.05, 4.69) is 16.4 Å². The molecule has 120 valence electrons. The van der Waals surface area contributed by atoms with Gasteiger partial charge >= 0.3 is 0 Å². The zero-order valence-corrected chi connectivity index (χ0v) is 14.3. The summed E-state index contributed by atoms with van der Waals surface area (Å²) in [5.41, 5.74) is 4.09. The molecular weight excluding hydrogens is 310 g/mol. The molecule has 1 aromatic heterocycles. The number of aromatic nitrogens is 1. The summed E-state index contributed by atoms with van der Waals surface area (Å²) in [6, 6.07) is 6.08. The maximum absolute atomic E-state index is 11.6. The maximum atomic E-state index is 11.6. The van der Waals surface area contributed by atoms with E-state index in [0.717, 1.165) is 34.8 Å². The lowest BCUT2D eigenvalue weighted by atomic mass is 10.1. The molecule has 0 spiro atoms. The predicted octanol–water partition coefficient (Wildman–Crippen LogP) is 3.38. The van der Waals surface area contributed by atoms with Gasteiger partial charge in [0.25, 0.3) is 0 Å². The van der Waals surface area contributed by atoms with Gasteiger partial charge in [-0.1, -0.05) is 13.0 Å². The van der Waals surface area contributed by atoms with Crippen LogP contribution in [0.15, 0.2) is 18.2 Å². The molecule has 0 radical (unpaired) electrons. The molecule has 0 aliphatic carbocycles. The third-order valence-electron chi connectivity index (χ3n) is 3.99. The van der Waals surface area contributed by atoms with Crippen molar-refractivity contribution in [2.24, 2.45) is 0 Å². The number of nitrogens with zero attached hydrogens (tertiary/aromatic N) is 2. The molecule has 0 unspecified atom stereocenters. The monoisotopic (exact) mass is 329 g/mol. The molecule has 1 aliphatic heterocycles. The first-order chi connectivity index (χ1) is 11.0. The number of thiazole rings is 1. The predicted molar refractivity (Wildman–Crippen MR) is 92.9 cm³/mol. The third-order valence-corrected chi connectivity index (χ3v) is 4.88. The number of benzene rings is 1. The van der Waals surface area contributed by atoms with Crippen LogP contribution < -0.4 is 10.2 Å². The van der Waals surface area contributed by atoms with Gasteiger partial charge in [0, 0.05) is 36.0 Å². The van der Waals surface area contributed by atoms with Gasteiger partial charge < -0.3 is 10.2 Å². The quantitative estimate of drug-likeness (QED) is 0.939. The fourth-order valence-corrected chi connectivity index (χ4v) is 3.65. The lowest BCUT2D eigenvalue weighted by Gasteiger charge is -2.14. The number of aryl methyl sites for hydroxylation is 1. The second kappa shape index (κ2) is 6.12. The molecule has 1 aromatic carbocycles. The van der Waals surface area contributed by atoms with E-state index in [1.807, 2.05) is 26.0 Å². The SMILES string of the molecule is CCC(=O)Nc1nc(-c2ccc3c(c2)CCN3C(C)=O)c(C)s1. The summed E-state index contributed by atoms with van der Waals surface area (Å²) in [4.78, 5) is 30.6. The standard InChI is InChI=1S/C17H19N3O2S/c1-4-15(22)18-17-19-16(10(2)23-17)13-5-6-14-12(9-13)7-8-20(14)11(3)21/h5-6,9H,4,7-8H2,1-3H3,(H,18,19,22). The van der Waals surface area contributed by atoms with Crippen LogP contribution in [0.25, 0.3) is 11.3 Å². The van der Waals surface area contributed by atoms with Gasteiger partial charge in [-0.2, -0.15) is 0 Å². The molecule has 2 aromatic rings. The maximum Gasteiger partial charge on any atom is 0.225 e. The fourth-order valence-electron chi connectivity index (χ4n) is 2.80. The van der Waals surface area contributed by atoms with Crippen molar-refractivity contribution in [2.75, 3.05) is 16.8 Å². The van der Waals surface area contributed by atoms with Crippen LogP contribution in [-0.4, -0.2) is 23.3 Å². The number of amides is 2. The van der Waals surface area contributed by atoms with Crippen molar-refractivity contribution in [3.05, 3.63) is 28.6 Å². The highest BCUT2D eigenvalue weighted by Gasteiger charge is 2.23. The van der Waals surface area contributed by atoms with Gasteiger partial charge in [-0.25, -0.2) is 4.98 Å². The zero-order chi connectivity index (χ0) is 16.6. The van der Waals surface area contributed by atoms with Gasteiger partial charge in [-0.15, -0.1) is 11.3 Å². The average molecular weight is 329 g/mol. The number of nitrogens with one attached hydrogen (secondary N) is 1. The largest absolute Gasteiger partial charge is 0.312 e. The molecule has 23 heavy (non-hydrogen) atoms. The van der Waals surface area contributed by atoms with Crippen LogP contribution in [0.4, 0.5) is 10.8 Å². The molecule has 2 heterocycles. The number of carbonyl (C=O) groups is 2. The van der Waals surface area contributed by atoms with Gasteiger partial charge in [0.1, 0.15) is 0 Å². The van der Waals surface area contributed by atoms with Crippen molar-refractivity contribution >= 4 is 34.0 Å². The van der Waals surface area contributed by atoms with Crippen LogP contribution in [0, 0.1) is 6.92 Å². The lowest BCUT2D eigenvalue weighted by molar-refractivity contribution is -0.117. The summed E-state index contributed by atoms with van der Waals surface area (Å²) in [5, 5.41) is 3.45. The summed E-state index contributed by atoms with van der Waals surface area (Å²) in [5.74, 6) is 0.0438. The Kier molecular flexibility index (Phi) is 4.17. The molecule has 0 saturated carbocycles. The van der Waals surface area contributed by atoms with Crippen LogP contribution in [0.5, 0.6) is 0 Å². The molecule has 5 nitrogen and oxygen atoms in total. The molecule has 0 atom stereocenters. The number of fused-ring (bicyclic) bond motifs is 1. The molecule has 0 saturated heterocycles. The van der Waals surface area contributed by atoms with Crippen molar-refractivity contribution in [3.63, 3.8) is 0 Å². The molecule has 1 N–H and O–H groups in total. The number of carbonyl (C=O) groups excluding carboxylic acids is 2. The highest BCUT2D eigenvalue weighted by atomic mass is 32.1. The van der Waals surface area contributed by atoms with E-state index < -0.39 is 0 Å². The molecule has 2 amide bonds. The van der Waals surface area contributed by atoms with E-state index in [9.17, 15) is 9.59 Å². The summed E-state index contributed by atoms with van der Waals surface area (Å²) in [6.07, 6.45) is 1.30. The van der Waals surface area contributed by atoms with Crippen LogP contribution in [0.3, 0.4) is 0 Å². The first-order valence-electron chi connectivity index (χ1n) is 7.68. The van der Waals surface area contributed by atoms with E-state index >= 15 is 0 Å². The fraction of sp³-hybridized carbons (Fsp3) is 0.353. The minimum absolute atomic E-state index is 0.0312. The number of rotatable bonds is 3. The molecule has 1 aliphatic rings. The first kappa shape index (κ1) is 15.7. The van der Waals surface area contributed by atoms with Crippen LogP contribution >= 0.6 is 11.3 Å². The topological polar surface area (TPSA) is 62.3 Å². The van der Waals surface area contributed by atoms with E-state index in [0.29, 0.717) is 11.6 Å². The van der Waals surface area contributed by atoms with Crippen molar-refractivity contribution in [2.45, 2.75) is 33.6 Å². The Labute approximate surface area is 139 Å². The van der Waals surface area contributed by atoms with Crippen molar-refractivity contribution < 1.29 is 9.59 Å². The summed E-state index contributed by atoms with van der Waals surface area (Å²) in [7, 11) is 0. The Morgan fingerprint density at radius 2 is 2.17 bits per heavy atom. The van der Waals surface area contributed by atoms with Crippen molar-refractivity contribution in [3.8, 4) is 11.3 Å². The highest BCUT2D eigenvalue weighted by molar-refractivity contribution is 7.16. The van der Waals surface area contributed by atoms with Crippen LogP contribution in [0.1, 0.15) is 30.7 Å². The molecule has 0 fully saturated rings. The third kappa shape index (κ3) is 2.99. The Morgan fingerprint density at radius 3 is 2.87 bits per heavy atom. The second-order valence-electron chi connectivity index (χ2n) is 5.59. The zero-order valence-electron chi connectivity index (χ0n) is 13.5. The lowest BCUT2D eigenvalue weighted by Crippen LogP contribution is -2.25. The second-order valence-corrected chi connectivity index (χ2v) is 6.79. The normalized spacial score (nSPS) is 13.1. The summed E-state index contributed by atoms with van der Waals surface area (Å²) < 4.78 is 0. The van der Waals surface area contributed by atoms with E-state index in [1.165, 1.54) is 16.9 Å². The highest BCUT2D eigenvalue weighted by Crippen LogP contribution is 2.35. The summed E-state index contributed by atoms with van der Waals surface area (Å²) >= 11 is 1.48. The number of hydrogen-bond acceptors (Lipinski definition) is 4. The van der Waals surface area contributed by atoms with Crippen LogP contribution in [0.2, 0.25) is 0 Å². The van der Waals surface area contributed by atoms with E-state index in [-0.39, 0.29) is 11.8 Å². The van der Waals surface area contributed by atoms with Gasteiger partial charge in [0.05, 0.1) is 5.69 Å². The average Bonchev–Trinajstić information content (AvgIpc) is 3.09. The molecular formula is C17H19N3O2S. The first-order valence-corrected chi connectivity index (χ1v) is 8.50. The Hall–Kier alpha value is -2.21. The summed E-state index contributed by atoms with van der Waals surface area (Å²) in [6.45, 7) is 6.15. The van der Waals surface area contributed by atoms with Gasteiger partial charge in [-0.05, 0) is 31.0 Å². The minimum atomic E-state index is -0.0312. The van der Waals surface area contributed by atoms with Gasteiger partial charge in [-0.3, -0.25) is 9.59 Å². The molecule has 0 bridgehead atoms. The van der Waals surface area contributed by atoms with E-state index in [4.69, 9.17) is 0 Å². The molecule has 3 rings (SSSR count). The Bertz CT molecular complexity index is 782. The van der Waals surface area contributed by atoms with Gasteiger partial charge in [0.2, 0.25) is 11.8 Å². The Balaban J connectivity index is 1.91. The Morgan fingerprint density at radius 1 is 1.39 bits per heavy atom. The van der Waals surface area contributed by atoms with Gasteiger partial charge in [0.15, 0.2) is 5.13 Å². The van der Waals surface area contributed by atoms with Crippen molar-refractivity contribution in [1.29, 1.82) is 0 Å². The smallest absolute Gasteiger partial charge is 0.225 e. The van der Waals surface area contributed by atoms with E-state index in [1.54, 1.807) is 11.8 Å².